The number of aromatic nitrogens is 2. The number of nitrogens with zero attached hydrogens (tertiary/aromatic N) is 3. The van der Waals surface area contributed by atoms with E-state index in [0.717, 1.165) is 23.0 Å². The first-order valence-corrected chi connectivity index (χ1v) is 13.1. The average molecular weight is 499 g/mol. The second kappa shape index (κ2) is 9.79. The minimum Gasteiger partial charge on any atom is -0.341 e. The lowest BCUT2D eigenvalue weighted by atomic mass is 9.98. The third-order valence-electron chi connectivity index (χ3n) is 6.72. The van der Waals surface area contributed by atoms with Gasteiger partial charge in [0, 0.05) is 27.2 Å². The fourth-order valence-electron chi connectivity index (χ4n) is 4.48. The molecule has 4 rings (SSSR count). The van der Waals surface area contributed by atoms with Crippen molar-refractivity contribution >= 4 is 26.8 Å². The molecule has 0 spiro atoms. The molecule has 1 N–H and O–H groups in total. The van der Waals surface area contributed by atoms with Crippen molar-refractivity contribution in [3.63, 3.8) is 0 Å². The molecule has 1 atom stereocenters. The molecular weight excluding hydrogens is 468 g/mol. The Hall–Kier alpha value is -3.24. The van der Waals surface area contributed by atoms with E-state index in [1.807, 2.05) is 30.3 Å². The predicted molar refractivity (Wildman–Crippen MR) is 134 cm³/mol. The molecule has 2 aromatic carbocycles. The molecule has 0 unspecified atom stereocenters. The first-order valence-electron chi connectivity index (χ1n) is 11.6. The largest absolute Gasteiger partial charge is 0.341 e. The average Bonchev–Trinajstić information content (AvgIpc) is 2.86. The summed E-state index contributed by atoms with van der Waals surface area (Å²) in [7, 11) is -1.29. The smallest absolute Gasteiger partial charge is 0.330 e. The van der Waals surface area contributed by atoms with E-state index in [2.05, 4.69) is 11.6 Å². The number of piperidine rings is 1. The number of benzene rings is 2. The first-order chi connectivity index (χ1) is 16.6. The molecule has 1 fully saturated rings. The van der Waals surface area contributed by atoms with E-state index in [0.29, 0.717) is 24.5 Å². The SMILES string of the molecule is CC1CCN(C(=O)[C@H](Cc2ccccc2)NS(=O)(=O)c2ccc3c(c2)c(=O)n(C)c(=O)n3C)CC1. The molecular formula is C25H30N4O5S. The van der Waals surface area contributed by atoms with Crippen molar-refractivity contribution in [2.75, 3.05) is 13.1 Å². The van der Waals surface area contributed by atoms with Gasteiger partial charge in [-0.3, -0.25) is 18.7 Å². The van der Waals surface area contributed by atoms with Gasteiger partial charge in [0.05, 0.1) is 15.8 Å². The zero-order chi connectivity index (χ0) is 25.3. The van der Waals surface area contributed by atoms with Crippen LogP contribution in [-0.4, -0.2) is 47.5 Å². The number of fused-ring (bicyclic) bond motifs is 1. The summed E-state index contributed by atoms with van der Waals surface area (Å²) in [6, 6.07) is 12.3. The molecule has 3 aromatic rings. The van der Waals surface area contributed by atoms with Crippen LogP contribution in [0.25, 0.3) is 10.9 Å². The Kier molecular flexibility index (Phi) is 6.95. The van der Waals surface area contributed by atoms with Crippen molar-refractivity contribution in [1.82, 2.24) is 18.8 Å². The van der Waals surface area contributed by atoms with Crippen LogP contribution in [0.4, 0.5) is 0 Å². The van der Waals surface area contributed by atoms with E-state index >= 15 is 0 Å². The van der Waals surface area contributed by atoms with Crippen LogP contribution in [0.1, 0.15) is 25.3 Å². The van der Waals surface area contributed by atoms with Gasteiger partial charge in [0.2, 0.25) is 15.9 Å². The van der Waals surface area contributed by atoms with Crippen LogP contribution in [-0.2, 0) is 35.3 Å². The number of sulfonamides is 1. The van der Waals surface area contributed by atoms with E-state index in [1.165, 1.54) is 36.9 Å². The van der Waals surface area contributed by atoms with Gasteiger partial charge in [-0.2, -0.15) is 4.72 Å². The molecule has 0 saturated carbocycles. The second-order valence-corrected chi connectivity index (χ2v) is 11.0. The molecule has 0 radical (unpaired) electrons. The van der Waals surface area contributed by atoms with Crippen molar-refractivity contribution in [1.29, 1.82) is 0 Å². The molecule has 1 amide bonds. The number of likely N-dealkylation sites (tertiary alicyclic amines) is 1. The maximum atomic E-state index is 13.4. The normalized spacial score (nSPS) is 15.9. The van der Waals surface area contributed by atoms with Crippen LogP contribution >= 0.6 is 0 Å². The van der Waals surface area contributed by atoms with E-state index in [1.54, 1.807) is 4.90 Å². The predicted octanol–water partition coefficient (Wildman–Crippen LogP) is 1.39. The van der Waals surface area contributed by atoms with Gasteiger partial charge in [0.25, 0.3) is 5.56 Å². The Morgan fingerprint density at radius 2 is 1.69 bits per heavy atom. The number of hydrogen-bond acceptors (Lipinski definition) is 5. The summed E-state index contributed by atoms with van der Waals surface area (Å²) in [5.74, 6) is 0.267. The highest BCUT2D eigenvalue weighted by Gasteiger charge is 2.31. The van der Waals surface area contributed by atoms with Gasteiger partial charge in [-0.05, 0) is 48.9 Å². The molecule has 1 aromatic heterocycles. The highest BCUT2D eigenvalue weighted by Crippen LogP contribution is 2.20. The Labute approximate surface area is 204 Å². The number of rotatable bonds is 6. The summed E-state index contributed by atoms with van der Waals surface area (Å²) in [5.41, 5.74) is 0.0813. The summed E-state index contributed by atoms with van der Waals surface area (Å²) < 4.78 is 31.6. The van der Waals surface area contributed by atoms with E-state index < -0.39 is 27.3 Å². The number of carbonyl (C=O) groups is 1. The number of hydrogen-bond donors (Lipinski definition) is 1. The minimum atomic E-state index is -4.15. The Bertz CT molecular complexity index is 1470. The molecule has 35 heavy (non-hydrogen) atoms. The van der Waals surface area contributed by atoms with Crippen LogP contribution in [0.2, 0.25) is 0 Å². The molecule has 9 nitrogen and oxygen atoms in total. The standard InChI is InChI=1S/C25H30N4O5S/c1-17-11-13-29(14-12-17)24(31)21(15-18-7-5-4-6-8-18)26-35(33,34)19-9-10-22-20(16-19)23(30)28(3)25(32)27(22)2/h4-10,16-17,21,26H,11-15H2,1-3H3/t21-/m0/s1. The summed E-state index contributed by atoms with van der Waals surface area (Å²) in [4.78, 5) is 39.9. The van der Waals surface area contributed by atoms with Gasteiger partial charge < -0.3 is 4.90 Å². The lowest BCUT2D eigenvalue weighted by Crippen LogP contribution is -2.51. The highest BCUT2D eigenvalue weighted by atomic mass is 32.2. The monoisotopic (exact) mass is 498 g/mol. The molecule has 186 valence electrons. The summed E-state index contributed by atoms with van der Waals surface area (Å²) in [6.45, 7) is 3.33. The third-order valence-corrected chi connectivity index (χ3v) is 8.19. The highest BCUT2D eigenvalue weighted by molar-refractivity contribution is 7.89. The van der Waals surface area contributed by atoms with Crippen LogP contribution < -0.4 is 16.0 Å². The van der Waals surface area contributed by atoms with Crippen molar-refractivity contribution < 1.29 is 13.2 Å². The first kappa shape index (κ1) is 24.9. The third kappa shape index (κ3) is 5.08. The van der Waals surface area contributed by atoms with Gasteiger partial charge in [0.15, 0.2) is 0 Å². The maximum absolute atomic E-state index is 13.4. The van der Waals surface area contributed by atoms with Crippen molar-refractivity contribution in [2.24, 2.45) is 20.0 Å². The van der Waals surface area contributed by atoms with Crippen molar-refractivity contribution in [3.8, 4) is 0 Å². The summed E-state index contributed by atoms with van der Waals surface area (Å²) in [5, 5.41) is 0.105. The van der Waals surface area contributed by atoms with Gasteiger partial charge in [0.1, 0.15) is 6.04 Å². The van der Waals surface area contributed by atoms with Gasteiger partial charge in [-0.1, -0.05) is 37.3 Å². The van der Waals surface area contributed by atoms with Crippen LogP contribution in [0.15, 0.2) is 63.0 Å². The molecule has 0 bridgehead atoms. The van der Waals surface area contributed by atoms with E-state index in [9.17, 15) is 22.8 Å². The number of nitrogens with one attached hydrogen (secondary N) is 1. The summed E-state index contributed by atoms with van der Waals surface area (Å²) >= 11 is 0. The topological polar surface area (TPSA) is 110 Å². The zero-order valence-electron chi connectivity index (χ0n) is 20.1. The van der Waals surface area contributed by atoms with Gasteiger partial charge in [-0.25, -0.2) is 13.2 Å². The summed E-state index contributed by atoms with van der Waals surface area (Å²) in [6.07, 6.45) is 1.96. The van der Waals surface area contributed by atoms with E-state index in [4.69, 9.17) is 0 Å². The van der Waals surface area contributed by atoms with Gasteiger partial charge in [-0.15, -0.1) is 0 Å². The molecule has 2 heterocycles. The maximum Gasteiger partial charge on any atom is 0.330 e. The quantitative estimate of drug-likeness (QED) is 0.552. The Morgan fingerprint density at radius 1 is 1.03 bits per heavy atom. The number of amides is 1. The Balaban J connectivity index is 1.69. The number of aryl methyl sites for hydroxylation is 1. The van der Waals surface area contributed by atoms with Crippen molar-refractivity contribution in [3.05, 3.63) is 74.9 Å². The molecule has 1 aliphatic heterocycles. The Morgan fingerprint density at radius 3 is 2.34 bits per heavy atom. The van der Waals surface area contributed by atoms with Gasteiger partial charge >= 0.3 is 5.69 Å². The second-order valence-electron chi connectivity index (χ2n) is 9.26. The molecule has 1 aliphatic rings. The lowest BCUT2D eigenvalue weighted by molar-refractivity contribution is -0.134. The lowest BCUT2D eigenvalue weighted by Gasteiger charge is -2.33. The molecule has 0 aliphatic carbocycles. The fraction of sp³-hybridized carbons (Fsp3) is 0.400. The minimum absolute atomic E-state index is 0.105. The van der Waals surface area contributed by atoms with Crippen LogP contribution in [0.5, 0.6) is 0 Å². The zero-order valence-corrected chi connectivity index (χ0v) is 20.9. The van der Waals surface area contributed by atoms with E-state index in [-0.39, 0.29) is 22.6 Å². The van der Waals surface area contributed by atoms with Crippen LogP contribution in [0, 0.1) is 5.92 Å². The molecule has 1 saturated heterocycles. The molecule has 10 heteroatoms. The van der Waals surface area contributed by atoms with Crippen LogP contribution in [0.3, 0.4) is 0 Å². The van der Waals surface area contributed by atoms with Crippen molar-refractivity contribution in [2.45, 2.75) is 37.1 Å². The number of carbonyl (C=O) groups excluding carboxylic acids is 1. The fourth-order valence-corrected chi connectivity index (χ4v) is 5.69.